The fourth-order valence-electron chi connectivity index (χ4n) is 2.09. The standard InChI is InChI=1S/C11H10FNO3/c12-6-4-7(13)10-5(9(6)11(15)16)2-1-3-8(10)14/h4H,1-3,13H2,(H,15,16). The molecule has 1 aromatic carbocycles. The lowest BCUT2D eigenvalue weighted by molar-refractivity contribution is 0.0690. The summed E-state index contributed by atoms with van der Waals surface area (Å²) in [6.07, 6.45) is 1.25. The van der Waals surface area contributed by atoms with Crippen LogP contribution in [0.5, 0.6) is 0 Å². The zero-order valence-electron chi connectivity index (χ0n) is 8.42. The molecule has 0 aromatic heterocycles. The van der Waals surface area contributed by atoms with Gasteiger partial charge in [0.1, 0.15) is 5.82 Å². The van der Waals surface area contributed by atoms with Gasteiger partial charge in [0.25, 0.3) is 0 Å². The Morgan fingerprint density at radius 3 is 2.75 bits per heavy atom. The van der Waals surface area contributed by atoms with Gasteiger partial charge in [0.2, 0.25) is 0 Å². The van der Waals surface area contributed by atoms with Gasteiger partial charge < -0.3 is 10.8 Å². The van der Waals surface area contributed by atoms with Crippen LogP contribution < -0.4 is 5.73 Å². The van der Waals surface area contributed by atoms with Crippen molar-refractivity contribution in [2.75, 3.05) is 5.73 Å². The van der Waals surface area contributed by atoms with E-state index in [1.165, 1.54) is 0 Å². The quantitative estimate of drug-likeness (QED) is 0.709. The van der Waals surface area contributed by atoms with Crippen molar-refractivity contribution in [3.8, 4) is 0 Å². The van der Waals surface area contributed by atoms with Crippen LogP contribution in [0.3, 0.4) is 0 Å². The monoisotopic (exact) mass is 223 g/mol. The minimum atomic E-state index is -1.36. The van der Waals surface area contributed by atoms with Crippen molar-refractivity contribution >= 4 is 17.4 Å². The van der Waals surface area contributed by atoms with Crippen molar-refractivity contribution in [1.82, 2.24) is 0 Å². The van der Waals surface area contributed by atoms with E-state index >= 15 is 0 Å². The summed E-state index contributed by atoms with van der Waals surface area (Å²) in [6, 6.07) is 0.908. The Morgan fingerprint density at radius 2 is 2.12 bits per heavy atom. The smallest absolute Gasteiger partial charge is 0.338 e. The number of carbonyl (C=O) groups is 2. The highest BCUT2D eigenvalue weighted by atomic mass is 19.1. The molecule has 0 bridgehead atoms. The highest BCUT2D eigenvalue weighted by Gasteiger charge is 2.27. The first-order valence-electron chi connectivity index (χ1n) is 4.89. The van der Waals surface area contributed by atoms with E-state index in [0.717, 1.165) is 6.07 Å². The zero-order valence-corrected chi connectivity index (χ0v) is 8.42. The van der Waals surface area contributed by atoms with E-state index in [-0.39, 0.29) is 22.6 Å². The van der Waals surface area contributed by atoms with E-state index in [2.05, 4.69) is 0 Å². The van der Waals surface area contributed by atoms with Crippen molar-refractivity contribution in [2.45, 2.75) is 19.3 Å². The van der Waals surface area contributed by atoms with Crippen LogP contribution in [0.2, 0.25) is 0 Å². The molecule has 84 valence electrons. The van der Waals surface area contributed by atoms with Gasteiger partial charge in [-0.25, -0.2) is 9.18 Å². The number of nitrogens with two attached hydrogens (primary N) is 1. The highest BCUT2D eigenvalue weighted by molar-refractivity contribution is 6.06. The number of Topliss-reactive ketones (excluding diaryl/α,β-unsaturated/α-hetero) is 1. The number of benzene rings is 1. The molecule has 0 radical (unpaired) electrons. The van der Waals surface area contributed by atoms with Gasteiger partial charge in [-0.15, -0.1) is 0 Å². The largest absolute Gasteiger partial charge is 0.478 e. The number of hydrogen-bond donors (Lipinski definition) is 2. The lowest BCUT2D eigenvalue weighted by Crippen LogP contribution is -2.19. The Bertz CT molecular complexity index is 476. The number of carboxylic acids is 1. The maximum absolute atomic E-state index is 13.4. The summed E-state index contributed by atoms with van der Waals surface area (Å²) in [5.74, 6) is -2.44. The van der Waals surface area contributed by atoms with E-state index in [1.807, 2.05) is 0 Å². The molecule has 0 saturated carbocycles. The van der Waals surface area contributed by atoms with E-state index in [9.17, 15) is 14.0 Å². The Labute approximate surface area is 90.9 Å². The number of hydrogen-bond acceptors (Lipinski definition) is 3. The van der Waals surface area contributed by atoms with Gasteiger partial charge in [-0.1, -0.05) is 0 Å². The molecule has 2 rings (SSSR count). The minimum Gasteiger partial charge on any atom is -0.478 e. The second kappa shape index (κ2) is 3.59. The normalized spacial score (nSPS) is 14.7. The molecule has 0 atom stereocenters. The summed E-state index contributed by atoms with van der Waals surface area (Å²) in [6.45, 7) is 0. The van der Waals surface area contributed by atoms with Crippen LogP contribution in [0.25, 0.3) is 0 Å². The second-order valence-corrected chi connectivity index (χ2v) is 3.76. The SMILES string of the molecule is Nc1cc(F)c(C(=O)O)c2c1C(=O)CCC2. The van der Waals surface area contributed by atoms with E-state index < -0.39 is 17.3 Å². The number of anilines is 1. The maximum atomic E-state index is 13.4. The summed E-state index contributed by atoms with van der Waals surface area (Å²) in [4.78, 5) is 22.5. The molecule has 0 fully saturated rings. The molecular formula is C11H10FNO3. The molecule has 0 unspecified atom stereocenters. The lowest BCUT2D eigenvalue weighted by atomic mass is 9.86. The van der Waals surface area contributed by atoms with Gasteiger partial charge in [0.15, 0.2) is 5.78 Å². The Balaban J connectivity index is 2.77. The van der Waals surface area contributed by atoms with Gasteiger partial charge in [-0.05, 0) is 24.5 Å². The third-order valence-corrected chi connectivity index (χ3v) is 2.74. The summed E-state index contributed by atoms with van der Waals surface area (Å²) in [5, 5.41) is 8.91. The molecule has 5 heteroatoms. The van der Waals surface area contributed by atoms with Crippen LogP contribution in [0.15, 0.2) is 6.07 Å². The van der Waals surface area contributed by atoms with Gasteiger partial charge >= 0.3 is 5.97 Å². The van der Waals surface area contributed by atoms with Gasteiger partial charge in [0.05, 0.1) is 5.56 Å². The number of ketones is 1. The number of fused-ring (bicyclic) bond motifs is 1. The molecule has 0 heterocycles. The molecule has 0 spiro atoms. The average Bonchev–Trinajstić information content (AvgIpc) is 2.15. The number of rotatable bonds is 1. The van der Waals surface area contributed by atoms with Crippen LogP contribution in [-0.4, -0.2) is 16.9 Å². The number of carbonyl (C=O) groups excluding carboxylic acids is 1. The van der Waals surface area contributed by atoms with Gasteiger partial charge in [0, 0.05) is 17.7 Å². The van der Waals surface area contributed by atoms with Crippen molar-refractivity contribution < 1.29 is 19.1 Å². The summed E-state index contributed by atoms with van der Waals surface area (Å²) >= 11 is 0. The molecule has 0 aliphatic heterocycles. The van der Waals surface area contributed by atoms with Crippen LogP contribution in [0, 0.1) is 5.82 Å². The fourth-order valence-corrected chi connectivity index (χ4v) is 2.09. The molecule has 1 aliphatic carbocycles. The highest BCUT2D eigenvalue weighted by Crippen LogP contribution is 2.31. The first-order chi connectivity index (χ1) is 7.52. The van der Waals surface area contributed by atoms with Crippen molar-refractivity contribution in [2.24, 2.45) is 0 Å². The predicted octanol–water partition coefficient (Wildman–Crippen LogP) is 1.63. The third-order valence-electron chi connectivity index (χ3n) is 2.74. The van der Waals surface area contributed by atoms with E-state index in [1.54, 1.807) is 0 Å². The van der Waals surface area contributed by atoms with Crippen LogP contribution in [-0.2, 0) is 6.42 Å². The molecule has 4 nitrogen and oxygen atoms in total. The number of halogens is 1. The predicted molar refractivity (Wildman–Crippen MR) is 55.0 cm³/mol. The molecule has 3 N–H and O–H groups in total. The number of nitrogen functional groups attached to an aromatic ring is 1. The van der Waals surface area contributed by atoms with Crippen LogP contribution in [0.4, 0.5) is 10.1 Å². The molecule has 0 amide bonds. The van der Waals surface area contributed by atoms with Gasteiger partial charge in [-0.2, -0.15) is 0 Å². The maximum Gasteiger partial charge on any atom is 0.338 e. The minimum absolute atomic E-state index is 0.0298. The van der Waals surface area contributed by atoms with Crippen LogP contribution in [0.1, 0.15) is 39.1 Å². The molecule has 1 aliphatic rings. The summed E-state index contributed by atoms with van der Waals surface area (Å²) in [5.41, 5.74) is 5.58. The lowest BCUT2D eigenvalue weighted by Gasteiger charge is -2.19. The Hall–Kier alpha value is -1.91. The first-order valence-corrected chi connectivity index (χ1v) is 4.89. The topological polar surface area (TPSA) is 80.4 Å². The fraction of sp³-hybridized carbons (Fsp3) is 0.273. The Kier molecular flexibility index (Phi) is 2.38. The van der Waals surface area contributed by atoms with Crippen molar-refractivity contribution in [1.29, 1.82) is 0 Å². The molecule has 16 heavy (non-hydrogen) atoms. The molecule has 1 aromatic rings. The number of carboxylic acid groups (broad SMARTS) is 1. The van der Waals surface area contributed by atoms with E-state index in [4.69, 9.17) is 10.8 Å². The second-order valence-electron chi connectivity index (χ2n) is 3.76. The summed E-state index contributed by atoms with van der Waals surface area (Å²) in [7, 11) is 0. The third kappa shape index (κ3) is 1.44. The van der Waals surface area contributed by atoms with Crippen molar-refractivity contribution in [3.05, 3.63) is 28.6 Å². The summed E-state index contributed by atoms with van der Waals surface area (Å²) < 4.78 is 13.4. The molecule has 0 saturated heterocycles. The van der Waals surface area contributed by atoms with Gasteiger partial charge in [-0.3, -0.25) is 4.79 Å². The Morgan fingerprint density at radius 1 is 1.44 bits per heavy atom. The number of aromatic carboxylic acids is 1. The van der Waals surface area contributed by atoms with Crippen molar-refractivity contribution in [3.63, 3.8) is 0 Å². The average molecular weight is 223 g/mol. The first kappa shape index (κ1) is 10.6. The van der Waals surface area contributed by atoms with E-state index in [0.29, 0.717) is 19.3 Å². The zero-order chi connectivity index (χ0) is 11.9. The van der Waals surface area contributed by atoms with Crippen LogP contribution >= 0.6 is 0 Å². The molecular weight excluding hydrogens is 213 g/mol.